The fourth-order valence-electron chi connectivity index (χ4n) is 2.61. The van der Waals surface area contributed by atoms with E-state index in [1.165, 1.54) is 26.3 Å². The number of urea groups is 1. The minimum Gasteiger partial charge on any atom is -0.493 e. The fourth-order valence-corrected chi connectivity index (χ4v) is 2.61. The van der Waals surface area contributed by atoms with Crippen molar-refractivity contribution in [3.05, 3.63) is 59.2 Å². The van der Waals surface area contributed by atoms with Gasteiger partial charge in [-0.2, -0.15) is 5.26 Å². The predicted molar refractivity (Wildman–Crippen MR) is 102 cm³/mol. The van der Waals surface area contributed by atoms with Crippen molar-refractivity contribution in [3.8, 4) is 17.6 Å². The zero-order valence-electron chi connectivity index (χ0n) is 15.8. The SMILES string of the molecule is COc1cc(C#N)c(C(=O)N(C)C(=O)NC2CC2)cc1OCc1ccccc1. The van der Waals surface area contributed by atoms with Gasteiger partial charge in [0.25, 0.3) is 5.91 Å². The minimum atomic E-state index is -0.582. The van der Waals surface area contributed by atoms with Crippen LogP contribution in [0.15, 0.2) is 42.5 Å². The monoisotopic (exact) mass is 379 g/mol. The van der Waals surface area contributed by atoms with E-state index in [9.17, 15) is 14.9 Å². The average molecular weight is 379 g/mol. The van der Waals surface area contributed by atoms with Crippen LogP contribution in [0, 0.1) is 11.3 Å². The second-order valence-electron chi connectivity index (χ2n) is 6.52. The van der Waals surface area contributed by atoms with Crippen LogP contribution < -0.4 is 14.8 Å². The molecule has 1 aliphatic carbocycles. The highest BCUT2D eigenvalue weighted by Gasteiger charge is 2.28. The molecule has 0 spiro atoms. The molecule has 3 amide bonds. The van der Waals surface area contributed by atoms with Crippen molar-refractivity contribution < 1.29 is 19.1 Å². The summed E-state index contributed by atoms with van der Waals surface area (Å²) in [6, 6.07) is 14.1. The summed E-state index contributed by atoms with van der Waals surface area (Å²) < 4.78 is 11.1. The standard InChI is InChI=1S/C21H21N3O4/c1-24(21(26)23-16-8-9-16)20(25)17-11-19(18(27-2)10-15(17)12-22)28-13-14-6-4-3-5-7-14/h3-7,10-11,16H,8-9,13H2,1-2H3,(H,23,26). The van der Waals surface area contributed by atoms with Gasteiger partial charge in [-0.3, -0.25) is 9.69 Å². The maximum atomic E-state index is 12.8. The molecule has 0 aromatic heterocycles. The van der Waals surface area contributed by atoms with Crippen molar-refractivity contribution >= 4 is 11.9 Å². The van der Waals surface area contributed by atoms with Crippen molar-refractivity contribution in [1.29, 1.82) is 5.26 Å². The van der Waals surface area contributed by atoms with E-state index >= 15 is 0 Å². The number of rotatable bonds is 6. The second kappa shape index (κ2) is 8.44. The maximum Gasteiger partial charge on any atom is 0.324 e. The largest absolute Gasteiger partial charge is 0.493 e. The van der Waals surface area contributed by atoms with Gasteiger partial charge >= 0.3 is 6.03 Å². The Labute approximate surface area is 163 Å². The van der Waals surface area contributed by atoms with E-state index < -0.39 is 11.9 Å². The third-order valence-corrected chi connectivity index (χ3v) is 4.41. The van der Waals surface area contributed by atoms with Gasteiger partial charge in [0.05, 0.1) is 18.2 Å². The summed E-state index contributed by atoms with van der Waals surface area (Å²) in [7, 11) is 2.85. The topological polar surface area (TPSA) is 91.7 Å². The predicted octanol–water partition coefficient (Wildman–Crippen LogP) is 3.09. The summed E-state index contributed by atoms with van der Waals surface area (Å²) in [5, 5.41) is 12.2. The number of benzene rings is 2. The third kappa shape index (κ3) is 4.41. The lowest BCUT2D eigenvalue weighted by atomic mass is 10.1. The first-order valence-electron chi connectivity index (χ1n) is 8.91. The van der Waals surface area contributed by atoms with Crippen molar-refractivity contribution in [2.75, 3.05) is 14.2 Å². The van der Waals surface area contributed by atoms with Crippen LogP contribution in [0.4, 0.5) is 4.79 Å². The minimum absolute atomic E-state index is 0.0832. The van der Waals surface area contributed by atoms with Crippen molar-refractivity contribution in [2.45, 2.75) is 25.5 Å². The highest BCUT2D eigenvalue weighted by Crippen LogP contribution is 2.32. The summed E-state index contributed by atoms with van der Waals surface area (Å²) in [5.74, 6) is 0.0840. The van der Waals surface area contributed by atoms with Gasteiger partial charge < -0.3 is 14.8 Å². The molecule has 0 heterocycles. The van der Waals surface area contributed by atoms with Crippen LogP contribution >= 0.6 is 0 Å². The number of nitrogens with zero attached hydrogens (tertiary/aromatic N) is 2. The van der Waals surface area contributed by atoms with Gasteiger partial charge in [-0.15, -0.1) is 0 Å². The Hall–Kier alpha value is -3.53. The van der Waals surface area contributed by atoms with Gasteiger partial charge in [-0.1, -0.05) is 30.3 Å². The smallest absolute Gasteiger partial charge is 0.324 e. The number of ether oxygens (including phenoxy) is 2. The summed E-state index contributed by atoms with van der Waals surface area (Å²) in [5.41, 5.74) is 1.14. The normalized spacial score (nSPS) is 12.6. The van der Waals surface area contributed by atoms with Gasteiger partial charge in [0.15, 0.2) is 11.5 Å². The van der Waals surface area contributed by atoms with E-state index in [2.05, 4.69) is 5.32 Å². The van der Waals surface area contributed by atoms with Gasteiger partial charge in [0, 0.05) is 19.2 Å². The Morgan fingerprint density at radius 2 is 1.93 bits per heavy atom. The Bertz CT molecular complexity index is 917. The Morgan fingerprint density at radius 1 is 1.21 bits per heavy atom. The van der Waals surface area contributed by atoms with Gasteiger partial charge in [-0.05, 0) is 24.5 Å². The molecule has 1 fully saturated rings. The number of carbonyl (C=O) groups excluding carboxylic acids is 2. The van der Waals surface area contributed by atoms with Crippen LogP contribution in [-0.4, -0.2) is 37.0 Å². The summed E-state index contributed by atoms with van der Waals surface area (Å²) in [6.07, 6.45) is 1.83. The van der Waals surface area contributed by atoms with Crippen LogP contribution in [0.5, 0.6) is 11.5 Å². The van der Waals surface area contributed by atoms with E-state index in [0.29, 0.717) is 11.5 Å². The summed E-state index contributed by atoms with van der Waals surface area (Å²) >= 11 is 0. The zero-order chi connectivity index (χ0) is 20.1. The van der Waals surface area contributed by atoms with Crippen molar-refractivity contribution in [2.24, 2.45) is 0 Å². The summed E-state index contributed by atoms with van der Waals surface area (Å²) in [4.78, 5) is 26.0. The highest BCUT2D eigenvalue weighted by atomic mass is 16.5. The quantitative estimate of drug-likeness (QED) is 0.833. The van der Waals surface area contributed by atoms with E-state index in [0.717, 1.165) is 23.3 Å². The molecule has 0 radical (unpaired) electrons. The number of carbonyl (C=O) groups is 2. The Morgan fingerprint density at radius 3 is 2.54 bits per heavy atom. The molecule has 3 rings (SSSR count). The lowest BCUT2D eigenvalue weighted by Crippen LogP contribution is -2.42. The second-order valence-corrected chi connectivity index (χ2v) is 6.52. The Kier molecular flexibility index (Phi) is 5.80. The van der Waals surface area contributed by atoms with Gasteiger partial charge in [-0.25, -0.2) is 4.79 Å². The molecule has 144 valence electrons. The fraction of sp³-hybridized carbons (Fsp3) is 0.286. The molecule has 0 saturated heterocycles. The lowest BCUT2D eigenvalue weighted by Gasteiger charge is -2.18. The number of amides is 3. The Balaban J connectivity index is 1.85. The lowest BCUT2D eigenvalue weighted by molar-refractivity contribution is 0.0830. The van der Waals surface area contributed by atoms with Crippen LogP contribution in [-0.2, 0) is 6.61 Å². The van der Waals surface area contributed by atoms with Gasteiger partial charge in [0.2, 0.25) is 0 Å². The molecule has 7 heteroatoms. The van der Waals surface area contributed by atoms with Crippen LogP contribution in [0.1, 0.15) is 34.3 Å². The summed E-state index contributed by atoms with van der Waals surface area (Å²) in [6.45, 7) is 0.273. The van der Waals surface area contributed by atoms with E-state index in [4.69, 9.17) is 9.47 Å². The molecule has 2 aromatic carbocycles. The number of hydrogen-bond acceptors (Lipinski definition) is 5. The van der Waals surface area contributed by atoms with Crippen LogP contribution in [0.2, 0.25) is 0 Å². The van der Waals surface area contributed by atoms with E-state index in [1.54, 1.807) is 0 Å². The molecule has 1 saturated carbocycles. The van der Waals surface area contributed by atoms with E-state index in [-0.39, 0.29) is 23.8 Å². The molecule has 28 heavy (non-hydrogen) atoms. The molecule has 1 N–H and O–H groups in total. The molecule has 0 bridgehead atoms. The first-order chi connectivity index (χ1) is 13.5. The molecule has 0 atom stereocenters. The average Bonchev–Trinajstić information content (AvgIpc) is 3.55. The third-order valence-electron chi connectivity index (χ3n) is 4.41. The first kappa shape index (κ1) is 19.2. The molecule has 0 aliphatic heterocycles. The molecule has 0 unspecified atom stereocenters. The van der Waals surface area contributed by atoms with Crippen molar-refractivity contribution in [1.82, 2.24) is 10.2 Å². The number of methoxy groups -OCH3 is 1. The number of nitriles is 1. The molecule has 7 nitrogen and oxygen atoms in total. The highest BCUT2D eigenvalue weighted by molar-refractivity contribution is 6.05. The molecular weight excluding hydrogens is 358 g/mol. The molecule has 2 aromatic rings. The van der Waals surface area contributed by atoms with Gasteiger partial charge in [0.1, 0.15) is 12.7 Å². The van der Waals surface area contributed by atoms with E-state index in [1.807, 2.05) is 36.4 Å². The van der Waals surface area contributed by atoms with Crippen LogP contribution in [0.3, 0.4) is 0 Å². The zero-order valence-corrected chi connectivity index (χ0v) is 15.8. The van der Waals surface area contributed by atoms with Crippen molar-refractivity contribution in [3.63, 3.8) is 0 Å². The first-order valence-corrected chi connectivity index (χ1v) is 8.91. The molecule has 1 aliphatic rings. The number of imide groups is 1. The number of hydrogen-bond donors (Lipinski definition) is 1. The molecular formula is C21H21N3O4. The maximum absolute atomic E-state index is 12.8. The number of nitrogens with one attached hydrogen (secondary N) is 1. The van der Waals surface area contributed by atoms with Crippen LogP contribution in [0.25, 0.3) is 0 Å².